The van der Waals surface area contributed by atoms with E-state index >= 15 is 0 Å². The van der Waals surface area contributed by atoms with Gasteiger partial charge in [0.25, 0.3) is 0 Å². The van der Waals surface area contributed by atoms with Gasteiger partial charge in [-0.05, 0) is 42.9 Å². The van der Waals surface area contributed by atoms with Crippen molar-refractivity contribution in [3.63, 3.8) is 0 Å². The van der Waals surface area contributed by atoms with Gasteiger partial charge in [0.1, 0.15) is 0 Å². The van der Waals surface area contributed by atoms with Gasteiger partial charge in [0.05, 0.1) is 12.6 Å². The van der Waals surface area contributed by atoms with Gasteiger partial charge in [0.15, 0.2) is 5.11 Å². The zero-order chi connectivity index (χ0) is 12.0. The van der Waals surface area contributed by atoms with E-state index < -0.39 is 0 Å². The number of rotatable bonds is 4. The van der Waals surface area contributed by atoms with Gasteiger partial charge in [-0.3, -0.25) is 0 Å². The Hall–Kier alpha value is -0.840. The number of hydrogen-bond donors (Lipinski definition) is 3. The minimum absolute atomic E-state index is 0.00713. The standard InChI is InChI=1S/C11H15ClN2OS/c1-2-9(7-15)13-11(16)14-10-5-3-8(12)4-6-10/h3-6,9,15H,2,7H2,1H3,(H2,13,14,16)/t9-/m0/s1. The quantitative estimate of drug-likeness (QED) is 0.726. The highest BCUT2D eigenvalue weighted by Gasteiger charge is 2.05. The van der Waals surface area contributed by atoms with Crippen LogP contribution >= 0.6 is 23.8 Å². The van der Waals surface area contributed by atoms with Crippen molar-refractivity contribution in [3.8, 4) is 0 Å². The van der Waals surface area contributed by atoms with Gasteiger partial charge in [0.2, 0.25) is 0 Å². The fourth-order valence-corrected chi connectivity index (χ4v) is 1.57. The second-order valence-electron chi connectivity index (χ2n) is 3.39. The van der Waals surface area contributed by atoms with Crippen LogP contribution in [-0.4, -0.2) is 22.9 Å². The first-order valence-electron chi connectivity index (χ1n) is 5.09. The topological polar surface area (TPSA) is 44.3 Å². The average Bonchev–Trinajstić information content (AvgIpc) is 2.29. The molecule has 0 amide bonds. The summed E-state index contributed by atoms with van der Waals surface area (Å²) in [6, 6.07) is 7.25. The lowest BCUT2D eigenvalue weighted by Gasteiger charge is -2.17. The number of anilines is 1. The smallest absolute Gasteiger partial charge is 0.171 e. The lowest BCUT2D eigenvalue weighted by molar-refractivity contribution is 0.253. The monoisotopic (exact) mass is 258 g/mol. The van der Waals surface area contributed by atoms with E-state index in [1.54, 1.807) is 12.1 Å². The molecule has 0 radical (unpaired) electrons. The van der Waals surface area contributed by atoms with Crippen LogP contribution in [0.3, 0.4) is 0 Å². The van der Waals surface area contributed by atoms with Crippen molar-refractivity contribution in [1.29, 1.82) is 0 Å². The summed E-state index contributed by atoms with van der Waals surface area (Å²) in [6.07, 6.45) is 0.818. The molecule has 3 N–H and O–H groups in total. The normalized spacial score (nSPS) is 11.9. The molecule has 0 aliphatic carbocycles. The summed E-state index contributed by atoms with van der Waals surface area (Å²) in [4.78, 5) is 0. The second-order valence-corrected chi connectivity index (χ2v) is 4.24. The maximum Gasteiger partial charge on any atom is 0.171 e. The summed E-state index contributed by atoms with van der Waals surface area (Å²) < 4.78 is 0. The van der Waals surface area contributed by atoms with Crippen molar-refractivity contribution in [3.05, 3.63) is 29.3 Å². The summed E-state index contributed by atoms with van der Waals surface area (Å²) in [5.74, 6) is 0. The Labute approximate surface area is 106 Å². The van der Waals surface area contributed by atoms with Crippen LogP contribution in [0.4, 0.5) is 5.69 Å². The van der Waals surface area contributed by atoms with E-state index in [0.29, 0.717) is 10.1 Å². The van der Waals surface area contributed by atoms with Gasteiger partial charge in [-0.2, -0.15) is 0 Å². The molecule has 0 spiro atoms. The van der Waals surface area contributed by atoms with Crippen molar-refractivity contribution in [2.45, 2.75) is 19.4 Å². The van der Waals surface area contributed by atoms with Crippen molar-refractivity contribution in [2.24, 2.45) is 0 Å². The van der Waals surface area contributed by atoms with Crippen LogP contribution in [0, 0.1) is 0 Å². The average molecular weight is 259 g/mol. The van der Waals surface area contributed by atoms with Crippen molar-refractivity contribution < 1.29 is 5.11 Å². The number of aliphatic hydroxyl groups excluding tert-OH is 1. The predicted molar refractivity (Wildman–Crippen MR) is 72.0 cm³/mol. The Morgan fingerprint density at radius 1 is 1.44 bits per heavy atom. The molecular weight excluding hydrogens is 244 g/mol. The van der Waals surface area contributed by atoms with Crippen molar-refractivity contribution >= 4 is 34.6 Å². The van der Waals surface area contributed by atoms with E-state index in [9.17, 15) is 0 Å². The van der Waals surface area contributed by atoms with Crippen LogP contribution in [0.15, 0.2) is 24.3 Å². The third-order valence-corrected chi connectivity index (χ3v) is 2.62. The lowest BCUT2D eigenvalue weighted by Crippen LogP contribution is -2.39. The maximum absolute atomic E-state index is 9.01. The summed E-state index contributed by atoms with van der Waals surface area (Å²) >= 11 is 10.9. The molecule has 16 heavy (non-hydrogen) atoms. The highest BCUT2D eigenvalue weighted by molar-refractivity contribution is 7.80. The van der Waals surface area contributed by atoms with E-state index in [1.165, 1.54) is 0 Å². The van der Waals surface area contributed by atoms with Crippen LogP contribution < -0.4 is 10.6 Å². The van der Waals surface area contributed by atoms with E-state index in [1.807, 2.05) is 19.1 Å². The first-order chi connectivity index (χ1) is 7.65. The molecule has 1 rings (SSSR count). The van der Waals surface area contributed by atoms with Gasteiger partial charge >= 0.3 is 0 Å². The number of hydrogen-bond acceptors (Lipinski definition) is 2. The van der Waals surface area contributed by atoms with Crippen LogP contribution in [0.5, 0.6) is 0 Å². The second kappa shape index (κ2) is 6.68. The first-order valence-corrected chi connectivity index (χ1v) is 5.88. The molecule has 0 heterocycles. The van der Waals surface area contributed by atoms with Gasteiger partial charge in [-0.25, -0.2) is 0 Å². The van der Waals surface area contributed by atoms with Crippen molar-refractivity contribution in [2.75, 3.05) is 11.9 Å². The molecule has 0 saturated heterocycles. The van der Waals surface area contributed by atoms with E-state index in [-0.39, 0.29) is 12.6 Å². The molecule has 1 atom stereocenters. The third kappa shape index (κ3) is 4.35. The molecule has 0 saturated carbocycles. The fraction of sp³-hybridized carbons (Fsp3) is 0.364. The molecule has 5 heteroatoms. The summed E-state index contributed by atoms with van der Waals surface area (Å²) in [5.41, 5.74) is 0.870. The molecule has 1 aromatic rings. The Morgan fingerprint density at radius 3 is 2.56 bits per heavy atom. The van der Waals surface area contributed by atoms with Crippen LogP contribution in [-0.2, 0) is 0 Å². The molecule has 3 nitrogen and oxygen atoms in total. The molecule has 0 unspecified atom stereocenters. The molecule has 0 aliphatic heterocycles. The van der Waals surface area contributed by atoms with E-state index in [2.05, 4.69) is 10.6 Å². The largest absolute Gasteiger partial charge is 0.394 e. The SMILES string of the molecule is CC[C@@H](CO)NC(=S)Nc1ccc(Cl)cc1. The fourth-order valence-electron chi connectivity index (χ4n) is 1.16. The van der Waals surface area contributed by atoms with Gasteiger partial charge in [-0.1, -0.05) is 18.5 Å². The lowest BCUT2D eigenvalue weighted by atomic mass is 10.2. The molecule has 88 valence electrons. The number of aliphatic hydroxyl groups is 1. The zero-order valence-corrected chi connectivity index (χ0v) is 10.6. The summed E-state index contributed by atoms with van der Waals surface area (Å²) in [6.45, 7) is 2.05. The maximum atomic E-state index is 9.01. The highest BCUT2D eigenvalue weighted by atomic mass is 35.5. The minimum Gasteiger partial charge on any atom is -0.394 e. The van der Waals surface area contributed by atoms with Crippen LogP contribution in [0.1, 0.15) is 13.3 Å². The third-order valence-electron chi connectivity index (χ3n) is 2.15. The highest BCUT2D eigenvalue weighted by Crippen LogP contribution is 2.13. The van der Waals surface area contributed by atoms with E-state index in [4.69, 9.17) is 28.9 Å². The Balaban J connectivity index is 2.48. The minimum atomic E-state index is -0.00713. The number of thiocarbonyl (C=S) groups is 1. The molecule has 0 aliphatic rings. The summed E-state index contributed by atoms with van der Waals surface area (Å²) in [7, 11) is 0. The van der Waals surface area contributed by atoms with Gasteiger partial charge in [0, 0.05) is 10.7 Å². The molecule has 0 fully saturated rings. The molecular formula is C11H15ClN2OS. The Kier molecular flexibility index (Phi) is 5.52. The predicted octanol–water partition coefficient (Wildman–Crippen LogP) is 2.40. The van der Waals surface area contributed by atoms with Crippen LogP contribution in [0.25, 0.3) is 0 Å². The van der Waals surface area contributed by atoms with Gasteiger partial charge < -0.3 is 15.7 Å². The van der Waals surface area contributed by atoms with Crippen molar-refractivity contribution in [1.82, 2.24) is 5.32 Å². The molecule has 1 aromatic carbocycles. The van der Waals surface area contributed by atoms with E-state index in [0.717, 1.165) is 12.1 Å². The molecule has 0 aromatic heterocycles. The zero-order valence-electron chi connectivity index (χ0n) is 9.03. The summed E-state index contributed by atoms with van der Waals surface area (Å²) in [5, 5.41) is 16.2. The van der Waals surface area contributed by atoms with Crippen LogP contribution in [0.2, 0.25) is 5.02 Å². The first kappa shape index (κ1) is 13.2. The Bertz CT molecular complexity index is 338. The number of halogens is 1. The number of nitrogens with one attached hydrogen (secondary N) is 2. The van der Waals surface area contributed by atoms with Gasteiger partial charge in [-0.15, -0.1) is 0 Å². The molecule has 0 bridgehead atoms. The number of benzene rings is 1. The Morgan fingerprint density at radius 2 is 2.06 bits per heavy atom.